The number of benzene rings is 1. The van der Waals surface area contributed by atoms with Gasteiger partial charge in [-0.25, -0.2) is 4.98 Å². The van der Waals surface area contributed by atoms with Gasteiger partial charge in [-0.15, -0.1) is 16.0 Å². The molecular weight excluding hydrogens is 447 g/mol. The fraction of sp³-hybridized carbons (Fsp3) is 0.294. The zero-order chi connectivity index (χ0) is 22.2. The van der Waals surface area contributed by atoms with Crippen LogP contribution in [0.25, 0.3) is 10.2 Å². The van der Waals surface area contributed by atoms with E-state index in [0.29, 0.717) is 11.1 Å². The third kappa shape index (κ3) is 3.86. The third-order valence-corrected chi connectivity index (χ3v) is 5.59. The number of halogens is 4. The van der Waals surface area contributed by atoms with Crippen LogP contribution in [0.5, 0.6) is 0 Å². The molecule has 0 saturated heterocycles. The van der Waals surface area contributed by atoms with Crippen molar-refractivity contribution < 1.29 is 18.1 Å². The molecule has 2 aromatic heterocycles. The van der Waals surface area contributed by atoms with Gasteiger partial charge in [0.1, 0.15) is 21.5 Å². The van der Waals surface area contributed by atoms with Gasteiger partial charge < -0.3 is 10.1 Å². The van der Waals surface area contributed by atoms with Gasteiger partial charge in [0.15, 0.2) is 0 Å². The summed E-state index contributed by atoms with van der Waals surface area (Å²) in [5, 5.41) is 24.3. The number of hydrogen-bond acceptors (Lipinski definition) is 7. The molecule has 0 aliphatic heterocycles. The summed E-state index contributed by atoms with van der Waals surface area (Å²) >= 11 is 6.96. The van der Waals surface area contributed by atoms with Crippen LogP contribution in [0.15, 0.2) is 23.0 Å². The lowest BCUT2D eigenvalue weighted by atomic mass is 10.0. The van der Waals surface area contributed by atoms with Gasteiger partial charge in [0.2, 0.25) is 0 Å². The van der Waals surface area contributed by atoms with Crippen molar-refractivity contribution in [1.29, 1.82) is 5.26 Å². The number of thiazole rings is 1. The molecule has 0 bridgehead atoms. The van der Waals surface area contributed by atoms with Crippen molar-refractivity contribution in [2.75, 3.05) is 0 Å². The molecule has 1 atom stereocenters. The Kier molecular flexibility index (Phi) is 5.78. The van der Waals surface area contributed by atoms with Gasteiger partial charge >= 0.3 is 17.6 Å². The minimum atomic E-state index is -4.58. The monoisotopic (exact) mass is 457 g/mol. The van der Waals surface area contributed by atoms with Gasteiger partial charge in [-0.1, -0.05) is 18.5 Å². The first-order valence-electron chi connectivity index (χ1n) is 8.40. The first-order valence-corrected chi connectivity index (χ1v) is 9.60. The number of nitrogens with zero attached hydrogens (tertiary/aromatic N) is 5. The molecule has 0 radical (unpaired) electrons. The Morgan fingerprint density at radius 2 is 2.13 bits per heavy atom. The average molecular weight is 458 g/mol. The van der Waals surface area contributed by atoms with E-state index in [0.717, 1.165) is 28.2 Å². The van der Waals surface area contributed by atoms with Crippen molar-refractivity contribution in [3.05, 3.63) is 59.8 Å². The molecule has 0 amide bonds. The second-order valence-corrected chi connectivity index (χ2v) is 7.57. The number of alkyl halides is 3. The second-order valence-electron chi connectivity index (χ2n) is 6.13. The molecular formula is C17H11ClF3N5O3S. The largest absolute Gasteiger partial charge is 0.416 e. The molecule has 0 spiro atoms. The Morgan fingerprint density at radius 3 is 2.70 bits per heavy atom. The number of fused-ring (bicyclic) bond motifs is 1. The van der Waals surface area contributed by atoms with E-state index in [1.165, 1.54) is 6.07 Å². The van der Waals surface area contributed by atoms with Crippen LogP contribution >= 0.6 is 22.9 Å². The van der Waals surface area contributed by atoms with Crippen LogP contribution in [0, 0.1) is 21.4 Å². The van der Waals surface area contributed by atoms with Gasteiger partial charge in [0.05, 0.1) is 33.5 Å². The van der Waals surface area contributed by atoms with Crippen molar-refractivity contribution in [3.63, 3.8) is 0 Å². The molecule has 0 aliphatic carbocycles. The summed E-state index contributed by atoms with van der Waals surface area (Å²) in [6, 6.07) is 4.69. The molecule has 0 N–H and O–H groups in total. The average Bonchev–Trinajstić information content (AvgIpc) is 3.09. The maximum absolute atomic E-state index is 12.9. The Morgan fingerprint density at radius 1 is 1.43 bits per heavy atom. The predicted molar refractivity (Wildman–Crippen MR) is 103 cm³/mol. The summed E-state index contributed by atoms with van der Waals surface area (Å²) in [6.45, 7) is 1.81. The molecule has 156 valence electrons. The predicted octanol–water partition coefficient (Wildman–Crippen LogP) is 4.50. The van der Waals surface area contributed by atoms with E-state index < -0.39 is 44.5 Å². The van der Waals surface area contributed by atoms with Crippen LogP contribution in [0.3, 0.4) is 0 Å². The third-order valence-electron chi connectivity index (χ3n) is 4.12. The Bertz CT molecular complexity index is 1250. The maximum atomic E-state index is 12.9. The van der Waals surface area contributed by atoms with E-state index in [1.54, 1.807) is 13.0 Å². The fourth-order valence-corrected chi connectivity index (χ4v) is 4.08. The van der Waals surface area contributed by atoms with E-state index in [9.17, 15) is 33.3 Å². The lowest BCUT2D eigenvalue weighted by Gasteiger charge is -2.09. The second kappa shape index (κ2) is 8.00. The van der Waals surface area contributed by atoms with Gasteiger partial charge in [0, 0.05) is 0 Å². The highest BCUT2D eigenvalue weighted by Gasteiger charge is 2.35. The molecule has 1 aromatic carbocycles. The van der Waals surface area contributed by atoms with Gasteiger partial charge in [-0.2, -0.15) is 18.4 Å². The van der Waals surface area contributed by atoms with E-state index in [-0.39, 0.29) is 17.1 Å². The van der Waals surface area contributed by atoms with Crippen molar-refractivity contribution in [2.24, 2.45) is 0 Å². The molecule has 0 saturated carbocycles. The van der Waals surface area contributed by atoms with E-state index in [1.807, 2.05) is 0 Å². The molecule has 2 heterocycles. The topological polar surface area (TPSA) is 115 Å². The summed E-state index contributed by atoms with van der Waals surface area (Å²) in [5.74, 6) is -2.24. The number of rotatable bonds is 5. The maximum Gasteiger partial charge on any atom is 0.416 e. The van der Waals surface area contributed by atoms with Crippen molar-refractivity contribution in [3.8, 4) is 6.07 Å². The molecule has 3 rings (SSSR count). The van der Waals surface area contributed by atoms with Gasteiger partial charge in [-0.05, 0) is 29.5 Å². The Balaban J connectivity index is 2.21. The first-order chi connectivity index (χ1) is 14.1. The minimum Gasteiger partial charge on any atom is -0.358 e. The van der Waals surface area contributed by atoms with Crippen LogP contribution in [0.2, 0.25) is 5.02 Å². The number of hydrogen-bond donors (Lipinski definition) is 0. The normalized spacial score (nSPS) is 12.7. The van der Waals surface area contributed by atoms with E-state index in [4.69, 9.17) is 11.6 Å². The van der Waals surface area contributed by atoms with Crippen molar-refractivity contribution in [2.45, 2.75) is 32.0 Å². The molecule has 0 aliphatic rings. The molecule has 0 fully saturated rings. The SMILES string of the molecule is CCCn1nc([N+](=O)[O-])c(C(C#N)c2nc3cc(C(F)(F)F)ccc3s2)c(Cl)c1=O. The van der Waals surface area contributed by atoms with Gasteiger partial charge in [-0.3, -0.25) is 4.79 Å². The molecule has 30 heavy (non-hydrogen) atoms. The smallest absolute Gasteiger partial charge is 0.358 e. The zero-order valence-electron chi connectivity index (χ0n) is 15.1. The van der Waals surface area contributed by atoms with Crippen LogP contribution in [-0.4, -0.2) is 19.7 Å². The van der Waals surface area contributed by atoms with Crippen LogP contribution in [0.1, 0.15) is 35.4 Å². The summed E-state index contributed by atoms with van der Waals surface area (Å²) in [5.41, 5.74) is -2.19. The highest BCUT2D eigenvalue weighted by atomic mass is 35.5. The lowest BCUT2D eigenvalue weighted by molar-refractivity contribution is -0.391. The van der Waals surface area contributed by atoms with Gasteiger partial charge in [0.25, 0.3) is 0 Å². The summed E-state index contributed by atoms with van der Waals surface area (Å²) in [7, 11) is 0. The fourth-order valence-electron chi connectivity index (χ4n) is 2.78. The molecule has 8 nitrogen and oxygen atoms in total. The highest BCUT2D eigenvalue weighted by Crippen LogP contribution is 2.39. The highest BCUT2D eigenvalue weighted by molar-refractivity contribution is 7.18. The Hall–Kier alpha value is -3.04. The van der Waals surface area contributed by atoms with Crippen LogP contribution < -0.4 is 5.56 Å². The van der Waals surface area contributed by atoms with E-state index in [2.05, 4.69) is 10.1 Å². The number of nitro groups is 1. The van der Waals surface area contributed by atoms with Crippen LogP contribution in [0.4, 0.5) is 19.0 Å². The summed E-state index contributed by atoms with van der Waals surface area (Å²) in [6.07, 6.45) is -4.12. The number of nitriles is 1. The van der Waals surface area contributed by atoms with Crippen LogP contribution in [-0.2, 0) is 12.7 Å². The number of aromatic nitrogens is 3. The first kappa shape index (κ1) is 21.7. The van der Waals surface area contributed by atoms with Crippen molar-refractivity contribution in [1.82, 2.24) is 14.8 Å². The quantitative estimate of drug-likeness (QED) is 0.411. The van der Waals surface area contributed by atoms with E-state index >= 15 is 0 Å². The summed E-state index contributed by atoms with van der Waals surface area (Å²) < 4.78 is 40.0. The number of aryl methyl sites for hydroxylation is 1. The molecule has 3 aromatic rings. The van der Waals surface area contributed by atoms with Crippen molar-refractivity contribution >= 4 is 39.0 Å². The lowest BCUT2D eigenvalue weighted by Crippen LogP contribution is -2.27. The zero-order valence-corrected chi connectivity index (χ0v) is 16.7. The minimum absolute atomic E-state index is 0.0314. The summed E-state index contributed by atoms with van der Waals surface area (Å²) in [4.78, 5) is 27.1. The Labute approximate surface area is 175 Å². The standard InChI is InChI=1S/C17H11ClF3N5O3S/c1-2-5-25-16(27)13(18)12(14(24-25)26(28)29)9(7-22)15-23-10-6-8(17(19,20)21)3-4-11(10)30-15/h3-4,6,9H,2,5H2,1H3. The molecule has 1 unspecified atom stereocenters. The molecule has 13 heteroatoms.